The number of halogens is 2. The molecule has 0 saturated carbocycles. The molecule has 0 fully saturated rings. The second-order valence-electron chi connectivity index (χ2n) is 7.23. The Morgan fingerprint density at radius 2 is 1.06 bits per heavy atom. The van der Waals surface area contributed by atoms with Crippen LogP contribution >= 0.6 is 34.2 Å². The smallest absolute Gasteiger partial charge is 0.403 e. The average molecular weight is 635 g/mol. The normalized spacial score (nSPS) is 9.67. The van der Waals surface area contributed by atoms with Gasteiger partial charge in [-0.1, -0.05) is 39.8 Å². The molecule has 0 aromatic heterocycles. The molecule has 0 aliphatic carbocycles. The number of hydrogen-bond acceptors (Lipinski definition) is 6. The maximum absolute atomic E-state index is 11.6. The fourth-order valence-electron chi connectivity index (χ4n) is 3.21. The Morgan fingerprint density at radius 3 is 1.39 bits per heavy atom. The first-order valence-electron chi connectivity index (χ1n) is 11.2. The lowest BCUT2D eigenvalue weighted by molar-refractivity contribution is 0.0598. The molecule has 2 N–H and O–H groups in total. The molecule has 0 amide bonds. The molecule has 0 unspecified atom stereocenters. The van der Waals surface area contributed by atoms with Crippen molar-refractivity contribution < 1.29 is 38.9 Å². The van der Waals surface area contributed by atoms with Gasteiger partial charge in [-0.15, -0.1) is 0 Å². The first kappa shape index (κ1) is 33.3. The highest BCUT2D eigenvalue weighted by atomic mass is 127. The number of carbonyl (C=O) groups excluding carboxylic acids is 2. The van der Waals surface area contributed by atoms with Crippen LogP contribution < -0.4 is 0 Å². The zero-order chi connectivity index (χ0) is 28.0. The number of methoxy groups -OCH3 is 2. The van der Waals surface area contributed by atoms with Crippen LogP contribution in [0.25, 0.3) is 0 Å². The largest absolute Gasteiger partial charge is 0.478 e. The van der Waals surface area contributed by atoms with Gasteiger partial charge >= 0.3 is 23.3 Å². The zero-order valence-corrected chi connectivity index (χ0v) is 24.2. The molecule has 36 heavy (non-hydrogen) atoms. The lowest BCUT2D eigenvalue weighted by Gasteiger charge is -2.11. The van der Waals surface area contributed by atoms with E-state index in [1.165, 1.54) is 25.8 Å². The number of aromatic carboxylic acids is 2. The number of carboxylic acid groups (broad SMARTS) is 2. The lowest BCUT2D eigenvalue weighted by atomic mass is 9.95. The highest BCUT2D eigenvalue weighted by Crippen LogP contribution is 2.21. The standard InChI is InChI=1S/C13H16O4.C11H13IO2.C2H3ClO2/c1-4-8-6-9(5-2)11(13(16)17-3)7-10(8)12(14)15;1-3-7-5-8(4-2)10(12)6-9(7)11(13)14;1-5-2(3)4/h6-7H,4-5H2,1-3H3,(H,14,15);5-6H,3-4H2,1-2H3,(H,13,14);1H3. The van der Waals surface area contributed by atoms with Crippen LogP contribution in [-0.4, -0.2) is 47.8 Å². The predicted octanol–water partition coefficient (Wildman–Crippen LogP) is 6.40. The second-order valence-corrected chi connectivity index (χ2v) is 8.70. The number of aryl methyl sites for hydroxylation is 4. The van der Waals surface area contributed by atoms with Gasteiger partial charge in [0, 0.05) is 15.2 Å². The molecular formula is C26H32ClIO8. The fourth-order valence-corrected chi connectivity index (χ4v) is 4.06. The van der Waals surface area contributed by atoms with Gasteiger partial charge in [-0.25, -0.2) is 19.2 Å². The van der Waals surface area contributed by atoms with Crippen LogP contribution in [0.15, 0.2) is 24.3 Å². The number of hydrogen-bond donors (Lipinski definition) is 2. The Bertz CT molecular complexity index is 1080. The summed E-state index contributed by atoms with van der Waals surface area (Å²) >= 11 is 6.79. The van der Waals surface area contributed by atoms with E-state index in [4.69, 9.17) is 10.2 Å². The van der Waals surface area contributed by atoms with E-state index in [0.717, 1.165) is 33.1 Å². The third-order valence-electron chi connectivity index (χ3n) is 5.15. The molecule has 2 aromatic rings. The van der Waals surface area contributed by atoms with Crippen molar-refractivity contribution in [2.24, 2.45) is 0 Å². The maximum atomic E-state index is 11.6. The van der Waals surface area contributed by atoms with Gasteiger partial charge in [-0.2, -0.15) is 0 Å². The fraction of sp³-hybridized carbons (Fsp3) is 0.385. The summed E-state index contributed by atoms with van der Waals surface area (Å²) in [6.45, 7) is 7.87. The molecule has 8 nitrogen and oxygen atoms in total. The third kappa shape index (κ3) is 10.1. The van der Waals surface area contributed by atoms with E-state index in [2.05, 4.69) is 50.6 Å². The minimum atomic E-state index is -1.02. The van der Waals surface area contributed by atoms with Crippen molar-refractivity contribution in [2.75, 3.05) is 14.2 Å². The lowest BCUT2D eigenvalue weighted by Crippen LogP contribution is -2.11. The molecule has 198 valence electrons. The van der Waals surface area contributed by atoms with Crippen molar-refractivity contribution in [3.05, 3.63) is 66.8 Å². The summed E-state index contributed by atoms with van der Waals surface area (Å²) in [6.07, 6.45) is 3.00. The quantitative estimate of drug-likeness (QED) is 0.203. The van der Waals surface area contributed by atoms with E-state index in [9.17, 15) is 19.2 Å². The summed E-state index contributed by atoms with van der Waals surface area (Å²) in [7, 11) is 2.51. The zero-order valence-electron chi connectivity index (χ0n) is 21.2. The van der Waals surface area contributed by atoms with Gasteiger partial charge in [0.15, 0.2) is 0 Å². The topological polar surface area (TPSA) is 127 Å². The average Bonchev–Trinajstić information content (AvgIpc) is 2.87. The molecular weight excluding hydrogens is 603 g/mol. The summed E-state index contributed by atoms with van der Waals surface area (Å²) in [6, 6.07) is 6.95. The SMILES string of the molecule is CCc1cc(CC)c(C(=O)O)cc1I.CCc1cc(CC)c(C(=O)OC)cc1C(=O)O.COC(=O)Cl. The van der Waals surface area contributed by atoms with E-state index in [1.807, 2.05) is 26.8 Å². The molecule has 0 bridgehead atoms. The van der Waals surface area contributed by atoms with Crippen molar-refractivity contribution >= 4 is 57.5 Å². The Morgan fingerprint density at radius 1 is 0.694 bits per heavy atom. The molecule has 0 spiro atoms. The van der Waals surface area contributed by atoms with Gasteiger partial charge < -0.3 is 19.7 Å². The summed E-state index contributed by atoms with van der Waals surface area (Å²) in [4.78, 5) is 42.9. The molecule has 0 aliphatic rings. The Labute approximate surface area is 230 Å². The number of ether oxygens (including phenoxy) is 2. The van der Waals surface area contributed by atoms with Crippen LogP contribution in [0.1, 0.15) is 81.0 Å². The third-order valence-corrected chi connectivity index (χ3v) is 6.31. The van der Waals surface area contributed by atoms with Crippen molar-refractivity contribution in [3.63, 3.8) is 0 Å². The van der Waals surface area contributed by atoms with Gasteiger partial charge in [0.25, 0.3) is 0 Å². The second kappa shape index (κ2) is 16.9. The van der Waals surface area contributed by atoms with Crippen LogP contribution in [-0.2, 0) is 35.2 Å². The molecule has 0 radical (unpaired) electrons. The number of benzene rings is 2. The van der Waals surface area contributed by atoms with Gasteiger partial charge in [-0.3, -0.25) is 0 Å². The van der Waals surface area contributed by atoms with E-state index >= 15 is 0 Å². The van der Waals surface area contributed by atoms with E-state index in [1.54, 1.807) is 12.1 Å². The van der Waals surface area contributed by atoms with Crippen molar-refractivity contribution in [2.45, 2.75) is 53.4 Å². The first-order valence-corrected chi connectivity index (χ1v) is 12.6. The van der Waals surface area contributed by atoms with E-state index in [0.29, 0.717) is 24.0 Å². The van der Waals surface area contributed by atoms with Gasteiger partial charge in [0.1, 0.15) is 0 Å². The van der Waals surface area contributed by atoms with Crippen molar-refractivity contribution in [1.82, 2.24) is 0 Å². The van der Waals surface area contributed by atoms with Crippen molar-refractivity contribution in [3.8, 4) is 0 Å². The highest BCUT2D eigenvalue weighted by molar-refractivity contribution is 14.1. The predicted molar refractivity (Wildman–Crippen MR) is 147 cm³/mol. The number of esters is 1. The number of rotatable bonds is 7. The highest BCUT2D eigenvalue weighted by Gasteiger charge is 2.18. The Kier molecular flexibility index (Phi) is 15.7. The Balaban J connectivity index is 0.000000581. The van der Waals surface area contributed by atoms with E-state index in [-0.39, 0.29) is 5.56 Å². The van der Waals surface area contributed by atoms with Crippen molar-refractivity contribution in [1.29, 1.82) is 0 Å². The van der Waals surface area contributed by atoms with Gasteiger partial charge in [0.2, 0.25) is 0 Å². The molecule has 0 saturated heterocycles. The molecule has 0 heterocycles. The molecule has 10 heteroatoms. The van der Waals surface area contributed by atoms with Crippen LogP contribution in [0, 0.1) is 3.57 Å². The minimum Gasteiger partial charge on any atom is -0.478 e. The van der Waals surface area contributed by atoms with E-state index < -0.39 is 23.3 Å². The monoisotopic (exact) mass is 634 g/mol. The van der Waals surface area contributed by atoms with Gasteiger partial charge in [-0.05, 0) is 82.7 Å². The first-order chi connectivity index (χ1) is 16.9. The molecule has 0 atom stereocenters. The van der Waals surface area contributed by atoms with Gasteiger partial charge in [0.05, 0.1) is 30.9 Å². The number of carboxylic acids is 2. The van der Waals surface area contributed by atoms with Crippen LogP contribution in [0.3, 0.4) is 0 Å². The minimum absolute atomic E-state index is 0.171. The molecule has 2 aromatic carbocycles. The number of carbonyl (C=O) groups is 4. The molecule has 2 rings (SSSR count). The molecule has 0 aliphatic heterocycles. The van der Waals surface area contributed by atoms with Crippen LogP contribution in [0.4, 0.5) is 4.79 Å². The summed E-state index contributed by atoms with van der Waals surface area (Å²) < 4.78 is 9.57. The Hall–Kier alpha value is -2.66. The van der Waals surface area contributed by atoms with Crippen LogP contribution in [0.2, 0.25) is 0 Å². The summed E-state index contributed by atoms with van der Waals surface area (Å²) in [5.74, 6) is -2.34. The maximum Gasteiger partial charge on any atom is 0.403 e. The summed E-state index contributed by atoms with van der Waals surface area (Å²) in [5.41, 5.74) is 3.89. The van der Waals surface area contributed by atoms with Crippen LogP contribution in [0.5, 0.6) is 0 Å². The summed E-state index contributed by atoms with van der Waals surface area (Å²) in [5, 5.41) is 18.1.